The molecule has 0 amide bonds. The molecule has 0 heterocycles. The average Bonchev–Trinajstić information content (AvgIpc) is 2.38. The lowest BCUT2D eigenvalue weighted by atomic mass is 10.1. The van der Waals surface area contributed by atoms with Crippen LogP contribution in [0.4, 0.5) is 4.39 Å². The smallest absolute Gasteiger partial charge is 0.189 e. The highest BCUT2D eigenvalue weighted by Gasteiger charge is 2.12. The van der Waals surface area contributed by atoms with Crippen molar-refractivity contribution in [1.82, 2.24) is 5.32 Å². The van der Waals surface area contributed by atoms with Gasteiger partial charge >= 0.3 is 0 Å². The van der Waals surface area contributed by atoms with E-state index in [4.69, 9.17) is 9.47 Å². The SMILES string of the molecule is CCCNC(C)c1cc(F)ccc1OCOCC. The number of nitrogens with one attached hydrogen (secondary N) is 1. The number of hydrogen-bond donors (Lipinski definition) is 1. The van der Waals surface area contributed by atoms with Gasteiger partial charge in [-0.2, -0.15) is 0 Å². The molecule has 18 heavy (non-hydrogen) atoms. The normalized spacial score (nSPS) is 12.4. The molecule has 0 aliphatic carbocycles. The van der Waals surface area contributed by atoms with Crippen LogP contribution in [-0.2, 0) is 4.74 Å². The quantitative estimate of drug-likeness (QED) is 0.571. The van der Waals surface area contributed by atoms with Gasteiger partial charge < -0.3 is 14.8 Å². The van der Waals surface area contributed by atoms with Gasteiger partial charge in [0.15, 0.2) is 6.79 Å². The molecule has 1 unspecified atom stereocenters. The second kappa shape index (κ2) is 8.06. The van der Waals surface area contributed by atoms with Crippen LogP contribution in [-0.4, -0.2) is 19.9 Å². The van der Waals surface area contributed by atoms with Crippen LogP contribution in [0.15, 0.2) is 18.2 Å². The average molecular weight is 255 g/mol. The summed E-state index contributed by atoms with van der Waals surface area (Å²) in [6.45, 7) is 7.68. The third-order valence-electron chi connectivity index (χ3n) is 2.64. The van der Waals surface area contributed by atoms with Crippen LogP contribution < -0.4 is 10.1 Å². The molecule has 0 fully saturated rings. The van der Waals surface area contributed by atoms with Gasteiger partial charge in [-0.05, 0) is 45.0 Å². The third kappa shape index (κ3) is 4.63. The van der Waals surface area contributed by atoms with E-state index < -0.39 is 0 Å². The molecule has 0 saturated heterocycles. The van der Waals surface area contributed by atoms with Crippen LogP contribution in [0.5, 0.6) is 5.75 Å². The summed E-state index contributed by atoms with van der Waals surface area (Å²) in [5.41, 5.74) is 0.822. The van der Waals surface area contributed by atoms with Gasteiger partial charge in [0.25, 0.3) is 0 Å². The van der Waals surface area contributed by atoms with Crippen molar-refractivity contribution < 1.29 is 13.9 Å². The summed E-state index contributed by atoms with van der Waals surface area (Å²) in [4.78, 5) is 0. The molecule has 102 valence electrons. The maximum absolute atomic E-state index is 13.3. The van der Waals surface area contributed by atoms with Crippen molar-refractivity contribution in [2.45, 2.75) is 33.2 Å². The van der Waals surface area contributed by atoms with E-state index in [1.54, 1.807) is 6.07 Å². The minimum atomic E-state index is -0.251. The standard InChI is InChI=1S/C14H22FNO2/c1-4-8-16-11(3)13-9-12(15)6-7-14(13)18-10-17-5-2/h6-7,9,11,16H,4-5,8,10H2,1-3H3. The molecule has 1 N–H and O–H groups in total. The highest BCUT2D eigenvalue weighted by Crippen LogP contribution is 2.26. The van der Waals surface area contributed by atoms with Crippen molar-refractivity contribution in [2.75, 3.05) is 19.9 Å². The summed E-state index contributed by atoms with van der Waals surface area (Å²) < 4.78 is 24.0. The van der Waals surface area contributed by atoms with E-state index in [0.717, 1.165) is 18.5 Å². The van der Waals surface area contributed by atoms with E-state index in [2.05, 4.69) is 12.2 Å². The monoisotopic (exact) mass is 255 g/mol. The molecule has 0 bridgehead atoms. The molecule has 0 aliphatic rings. The molecule has 0 saturated carbocycles. The van der Waals surface area contributed by atoms with Gasteiger partial charge in [0.1, 0.15) is 11.6 Å². The third-order valence-corrected chi connectivity index (χ3v) is 2.64. The fraction of sp³-hybridized carbons (Fsp3) is 0.571. The highest BCUT2D eigenvalue weighted by atomic mass is 19.1. The molecule has 1 aromatic rings. The zero-order chi connectivity index (χ0) is 13.4. The number of rotatable bonds is 8. The summed E-state index contributed by atoms with van der Waals surface area (Å²) in [7, 11) is 0. The Hall–Kier alpha value is -1.13. The van der Waals surface area contributed by atoms with Crippen molar-refractivity contribution in [3.63, 3.8) is 0 Å². The molecule has 0 spiro atoms. The summed E-state index contributed by atoms with van der Waals surface area (Å²) in [6, 6.07) is 4.61. The summed E-state index contributed by atoms with van der Waals surface area (Å²) in [6.07, 6.45) is 1.04. The second-order valence-corrected chi connectivity index (χ2v) is 4.11. The first kappa shape index (κ1) is 14.9. The molecule has 0 aromatic heterocycles. The van der Waals surface area contributed by atoms with E-state index in [9.17, 15) is 4.39 Å². The van der Waals surface area contributed by atoms with Gasteiger partial charge in [0.2, 0.25) is 0 Å². The van der Waals surface area contributed by atoms with Crippen molar-refractivity contribution in [3.8, 4) is 5.75 Å². The first-order valence-electron chi connectivity index (χ1n) is 6.42. The fourth-order valence-electron chi connectivity index (χ4n) is 1.65. The van der Waals surface area contributed by atoms with Crippen molar-refractivity contribution in [3.05, 3.63) is 29.6 Å². The van der Waals surface area contributed by atoms with Crippen LogP contribution in [0.25, 0.3) is 0 Å². The van der Waals surface area contributed by atoms with Gasteiger partial charge in [0.05, 0.1) is 0 Å². The Kier molecular flexibility index (Phi) is 6.68. The van der Waals surface area contributed by atoms with E-state index in [0.29, 0.717) is 12.4 Å². The Bertz CT molecular complexity index is 358. The Labute approximate surface area is 108 Å². The molecular formula is C14H22FNO2. The lowest BCUT2D eigenvalue weighted by Crippen LogP contribution is -2.20. The number of hydrogen-bond acceptors (Lipinski definition) is 3. The Morgan fingerprint density at radius 2 is 2.11 bits per heavy atom. The lowest BCUT2D eigenvalue weighted by Gasteiger charge is -2.18. The predicted octanol–water partition coefficient (Wildman–Crippen LogP) is 3.26. The van der Waals surface area contributed by atoms with E-state index in [1.165, 1.54) is 12.1 Å². The number of ether oxygens (including phenoxy) is 2. The highest BCUT2D eigenvalue weighted by molar-refractivity contribution is 5.36. The summed E-state index contributed by atoms with van der Waals surface area (Å²) >= 11 is 0. The fourth-order valence-corrected chi connectivity index (χ4v) is 1.65. The minimum absolute atomic E-state index is 0.0530. The Morgan fingerprint density at radius 1 is 1.33 bits per heavy atom. The van der Waals surface area contributed by atoms with Crippen molar-refractivity contribution >= 4 is 0 Å². The van der Waals surface area contributed by atoms with Crippen molar-refractivity contribution in [1.29, 1.82) is 0 Å². The van der Waals surface area contributed by atoms with Crippen LogP contribution in [0.1, 0.15) is 38.8 Å². The summed E-state index contributed by atoms with van der Waals surface area (Å²) in [5.74, 6) is 0.417. The van der Waals surface area contributed by atoms with Gasteiger partial charge in [-0.25, -0.2) is 4.39 Å². The maximum atomic E-state index is 13.3. The topological polar surface area (TPSA) is 30.5 Å². The van der Waals surface area contributed by atoms with Crippen LogP contribution in [0.2, 0.25) is 0 Å². The zero-order valence-corrected chi connectivity index (χ0v) is 11.3. The molecule has 0 radical (unpaired) electrons. The molecule has 0 aliphatic heterocycles. The van der Waals surface area contributed by atoms with Crippen LogP contribution >= 0.6 is 0 Å². The molecule has 1 atom stereocenters. The van der Waals surface area contributed by atoms with Gasteiger partial charge in [-0.1, -0.05) is 6.92 Å². The van der Waals surface area contributed by atoms with E-state index >= 15 is 0 Å². The number of halogens is 1. The molecule has 1 rings (SSSR count). The van der Waals surface area contributed by atoms with Crippen LogP contribution in [0, 0.1) is 5.82 Å². The van der Waals surface area contributed by atoms with Crippen molar-refractivity contribution in [2.24, 2.45) is 0 Å². The Morgan fingerprint density at radius 3 is 2.78 bits per heavy atom. The largest absolute Gasteiger partial charge is 0.467 e. The minimum Gasteiger partial charge on any atom is -0.467 e. The first-order valence-corrected chi connectivity index (χ1v) is 6.42. The molecular weight excluding hydrogens is 233 g/mol. The second-order valence-electron chi connectivity index (χ2n) is 4.11. The van der Waals surface area contributed by atoms with E-state index in [-0.39, 0.29) is 18.7 Å². The number of benzene rings is 1. The lowest BCUT2D eigenvalue weighted by molar-refractivity contribution is 0.0215. The Balaban J connectivity index is 2.75. The first-order chi connectivity index (χ1) is 8.69. The molecule has 4 heteroatoms. The zero-order valence-electron chi connectivity index (χ0n) is 11.3. The molecule has 3 nitrogen and oxygen atoms in total. The van der Waals surface area contributed by atoms with Crippen LogP contribution in [0.3, 0.4) is 0 Å². The van der Waals surface area contributed by atoms with Gasteiger partial charge in [0, 0.05) is 18.2 Å². The molecule has 1 aromatic carbocycles. The predicted molar refractivity (Wildman–Crippen MR) is 70.2 cm³/mol. The van der Waals surface area contributed by atoms with Gasteiger partial charge in [-0.15, -0.1) is 0 Å². The summed E-state index contributed by atoms with van der Waals surface area (Å²) in [5, 5.41) is 3.32. The van der Waals surface area contributed by atoms with E-state index in [1.807, 2.05) is 13.8 Å². The van der Waals surface area contributed by atoms with Gasteiger partial charge in [-0.3, -0.25) is 0 Å². The maximum Gasteiger partial charge on any atom is 0.189 e.